The van der Waals surface area contributed by atoms with Crippen molar-refractivity contribution in [2.24, 2.45) is 0 Å². The molecule has 2 fully saturated rings. The van der Waals surface area contributed by atoms with Crippen LogP contribution < -0.4 is 4.90 Å². The normalized spacial score (nSPS) is 17.8. The second-order valence-electron chi connectivity index (χ2n) is 9.36. The molecule has 3 aromatic carbocycles. The van der Waals surface area contributed by atoms with Crippen molar-refractivity contribution in [1.82, 2.24) is 9.80 Å². The van der Waals surface area contributed by atoms with Crippen LogP contribution >= 0.6 is 0 Å². The SMILES string of the molecule is O=C(c1ccc(F)cc1)N1CCC(C(=O)N2CCN(c3ccccc3)CC2)(c2ccccc2)CC1. The zero-order valence-corrected chi connectivity index (χ0v) is 19.8. The minimum absolute atomic E-state index is 0.115. The third kappa shape index (κ3) is 4.65. The number of rotatable bonds is 4. The molecule has 2 heterocycles. The fourth-order valence-corrected chi connectivity index (χ4v) is 5.36. The number of hydrogen-bond donors (Lipinski definition) is 0. The quantitative estimate of drug-likeness (QED) is 0.568. The Hall–Kier alpha value is -3.67. The van der Waals surface area contributed by atoms with E-state index in [-0.39, 0.29) is 17.6 Å². The van der Waals surface area contributed by atoms with Gasteiger partial charge in [0, 0.05) is 50.5 Å². The van der Waals surface area contributed by atoms with Crippen LogP contribution in [0.2, 0.25) is 0 Å². The molecular weight excluding hydrogens is 441 g/mol. The number of nitrogens with zero attached hydrogens (tertiary/aromatic N) is 3. The summed E-state index contributed by atoms with van der Waals surface area (Å²) in [5, 5.41) is 0. The summed E-state index contributed by atoms with van der Waals surface area (Å²) >= 11 is 0. The number of piperazine rings is 1. The Bertz CT molecular complexity index is 1150. The van der Waals surface area contributed by atoms with Gasteiger partial charge >= 0.3 is 0 Å². The molecule has 5 nitrogen and oxygen atoms in total. The van der Waals surface area contributed by atoms with Crippen LogP contribution in [0.4, 0.5) is 10.1 Å². The van der Waals surface area contributed by atoms with E-state index in [1.165, 1.54) is 30.0 Å². The van der Waals surface area contributed by atoms with Crippen LogP contribution in [0.25, 0.3) is 0 Å². The largest absolute Gasteiger partial charge is 0.368 e. The summed E-state index contributed by atoms with van der Waals surface area (Å²) in [4.78, 5) is 33.2. The lowest BCUT2D eigenvalue weighted by Gasteiger charge is -2.45. The van der Waals surface area contributed by atoms with Crippen LogP contribution in [-0.4, -0.2) is 60.9 Å². The Balaban J connectivity index is 1.32. The molecular formula is C29H30FN3O2. The van der Waals surface area contributed by atoms with Crippen molar-refractivity contribution in [2.75, 3.05) is 44.2 Å². The molecule has 0 N–H and O–H groups in total. The van der Waals surface area contributed by atoms with Gasteiger partial charge in [-0.15, -0.1) is 0 Å². The first-order valence-corrected chi connectivity index (χ1v) is 12.3. The zero-order chi connectivity index (χ0) is 24.3. The number of para-hydroxylation sites is 1. The summed E-state index contributed by atoms with van der Waals surface area (Å²) < 4.78 is 13.3. The second kappa shape index (κ2) is 9.90. The molecule has 0 aromatic heterocycles. The molecule has 180 valence electrons. The van der Waals surface area contributed by atoms with Gasteiger partial charge in [0.15, 0.2) is 0 Å². The van der Waals surface area contributed by atoms with Crippen molar-refractivity contribution >= 4 is 17.5 Å². The molecule has 2 aliphatic heterocycles. The summed E-state index contributed by atoms with van der Waals surface area (Å²) in [6.07, 6.45) is 1.14. The predicted octanol–water partition coefficient (Wildman–Crippen LogP) is 4.35. The van der Waals surface area contributed by atoms with Crippen molar-refractivity contribution in [1.29, 1.82) is 0 Å². The second-order valence-corrected chi connectivity index (χ2v) is 9.36. The third-order valence-corrected chi connectivity index (χ3v) is 7.42. The lowest BCUT2D eigenvalue weighted by molar-refractivity contribution is -0.139. The lowest BCUT2D eigenvalue weighted by atomic mass is 9.71. The molecule has 0 spiro atoms. The van der Waals surface area contributed by atoms with Gasteiger partial charge in [-0.1, -0.05) is 48.5 Å². The Labute approximate surface area is 205 Å². The highest BCUT2D eigenvalue weighted by atomic mass is 19.1. The van der Waals surface area contributed by atoms with Gasteiger partial charge in [0.2, 0.25) is 5.91 Å². The van der Waals surface area contributed by atoms with Gasteiger partial charge in [-0.25, -0.2) is 4.39 Å². The van der Waals surface area contributed by atoms with Gasteiger partial charge in [0.05, 0.1) is 5.41 Å². The highest BCUT2D eigenvalue weighted by Crippen LogP contribution is 2.38. The van der Waals surface area contributed by atoms with Crippen LogP contribution in [0, 0.1) is 5.82 Å². The van der Waals surface area contributed by atoms with Crippen LogP contribution in [-0.2, 0) is 10.2 Å². The number of carbonyl (C=O) groups excluding carboxylic acids is 2. The van der Waals surface area contributed by atoms with Crippen molar-refractivity contribution in [3.8, 4) is 0 Å². The molecule has 2 amide bonds. The van der Waals surface area contributed by atoms with E-state index in [1.54, 1.807) is 4.90 Å². The molecule has 2 saturated heterocycles. The zero-order valence-electron chi connectivity index (χ0n) is 19.8. The van der Waals surface area contributed by atoms with Crippen molar-refractivity contribution in [2.45, 2.75) is 18.3 Å². The third-order valence-electron chi connectivity index (χ3n) is 7.42. The number of amides is 2. The molecule has 0 unspecified atom stereocenters. The molecule has 0 saturated carbocycles. The first kappa shape index (κ1) is 23.1. The molecule has 0 bridgehead atoms. The van der Waals surface area contributed by atoms with E-state index in [0.29, 0.717) is 44.6 Å². The van der Waals surface area contributed by atoms with E-state index in [0.717, 1.165) is 18.7 Å². The molecule has 6 heteroatoms. The molecule has 0 atom stereocenters. The number of hydrogen-bond acceptors (Lipinski definition) is 3. The van der Waals surface area contributed by atoms with Crippen molar-refractivity contribution in [3.63, 3.8) is 0 Å². The van der Waals surface area contributed by atoms with Crippen molar-refractivity contribution in [3.05, 3.63) is 102 Å². The van der Waals surface area contributed by atoms with Crippen LogP contribution in [0.1, 0.15) is 28.8 Å². The summed E-state index contributed by atoms with van der Waals surface area (Å²) in [5.74, 6) is -0.317. The Morgan fingerprint density at radius 1 is 0.657 bits per heavy atom. The predicted molar refractivity (Wildman–Crippen MR) is 135 cm³/mol. The van der Waals surface area contributed by atoms with Crippen LogP contribution in [0.5, 0.6) is 0 Å². The fraction of sp³-hybridized carbons (Fsp3) is 0.310. The van der Waals surface area contributed by atoms with E-state index < -0.39 is 5.41 Å². The fourth-order valence-electron chi connectivity index (χ4n) is 5.36. The van der Waals surface area contributed by atoms with E-state index in [4.69, 9.17) is 0 Å². The summed E-state index contributed by atoms with van der Waals surface area (Å²) in [7, 11) is 0. The summed E-state index contributed by atoms with van der Waals surface area (Å²) in [5.41, 5.74) is 2.03. The maximum atomic E-state index is 14.1. The first-order valence-electron chi connectivity index (χ1n) is 12.3. The molecule has 3 aromatic rings. The monoisotopic (exact) mass is 471 g/mol. The number of halogens is 1. The minimum Gasteiger partial charge on any atom is -0.368 e. The average molecular weight is 472 g/mol. The van der Waals surface area contributed by atoms with Gasteiger partial charge in [-0.3, -0.25) is 9.59 Å². The standard InChI is InChI=1S/C29H30FN3O2/c30-25-13-11-23(12-14-25)27(34)32-17-15-29(16-18-32,24-7-3-1-4-8-24)28(35)33-21-19-31(20-22-33)26-9-5-2-6-10-26/h1-14H,15-22H2. The van der Waals surface area contributed by atoms with E-state index in [1.807, 2.05) is 53.4 Å². The molecule has 2 aliphatic rings. The highest BCUT2D eigenvalue weighted by molar-refractivity contribution is 5.95. The van der Waals surface area contributed by atoms with E-state index in [9.17, 15) is 14.0 Å². The van der Waals surface area contributed by atoms with Gasteiger partial charge in [0.25, 0.3) is 5.91 Å². The topological polar surface area (TPSA) is 43.9 Å². The van der Waals surface area contributed by atoms with Crippen LogP contribution in [0.3, 0.4) is 0 Å². The maximum absolute atomic E-state index is 14.1. The molecule has 0 aliphatic carbocycles. The van der Waals surface area contributed by atoms with E-state index >= 15 is 0 Å². The number of likely N-dealkylation sites (tertiary alicyclic amines) is 1. The molecule has 5 rings (SSSR count). The molecule has 0 radical (unpaired) electrons. The molecule has 35 heavy (non-hydrogen) atoms. The van der Waals surface area contributed by atoms with E-state index in [2.05, 4.69) is 17.0 Å². The summed E-state index contributed by atoms with van der Waals surface area (Å²) in [6.45, 7) is 3.94. The Morgan fingerprint density at radius 3 is 1.83 bits per heavy atom. The average Bonchev–Trinajstić information content (AvgIpc) is 2.94. The van der Waals surface area contributed by atoms with Gasteiger partial charge in [-0.2, -0.15) is 0 Å². The number of benzene rings is 3. The number of carbonyl (C=O) groups is 2. The van der Waals surface area contributed by atoms with Crippen LogP contribution in [0.15, 0.2) is 84.9 Å². The first-order chi connectivity index (χ1) is 17.1. The van der Waals surface area contributed by atoms with Gasteiger partial charge in [-0.05, 0) is 54.8 Å². The Morgan fingerprint density at radius 2 is 1.23 bits per heavy atom. The Kier molecular flexibility index (Phi) is 6.53. The smallest absolute Gasteiger partial charge is 0.253 e. The number of anilines is 1. The highest BCUT2D eigenvalue weighted by Gasteiger charge is 2.46. The minimum atomic E-state index is -0.643. The lowest BCUT2D eigenvalue weighted by Crippen LogP contribution is -2.58. The summed E-state index contributed by atoms with van der Waals surface area (Å²) in [6, 6.07) is 26.0. The number of piperidine rings is 1. The van der Waals surface area contributed by atoms with Gasteiger partial charge < -0.3 is 14.7 Å². The van der Waals surface area contributed by atoms with Gasteiger partial charge in [0.1, 0.15) is 5.82 Å². The van der Waals surface area contributed by atoms with Crippen molar-refractivity contribution < 1.29 is 14.0 Å². The maximum Gasteiger partial charge on any atom is 0.253 e.